The second kappa shape index (κ2) is 12.5. The summed E-state index contributed by atoms with van der Waals surface area (Å²) in [4.78, 5) is 20.7. The molecule has 1 aromatic heterocycles. The number of carbonyl (C=O) groups is 1. The molecule has 1 aromatic carbocycles. The van der Waals surface area contributed by atoms with Gasteiger partial charge in [0.25, 0.3) is 0 Å². The van der Waals surface area contributed by atoms with Gasteiger partial charge < -0.3 is 15.0 Å². The fourth-order valence-corrected chi connectivity index (χ4v) is 5.48. The quantitative estimate of drug-likeness (QED) is 0.575. The second-order valence-corrected chi connectivity index (χ2v) is 10.1. The van der Waals surface area contributed by atoms with Crippen molar-refractivity contribution in [3.05, 3.63) is 52.2 Å². The molecule has 3 heterocycles. The molecule has 0 bridgehead atoms. The van der Waals surface area contributed by atoms with Gasteiger partial charge in [-0.15, -0.1) is 11.3 Å². The van der Waals surface area contributed by atoms with Crippen LogP contribution in [0.4, 0.5) is 0 Å². The Kier molecular flexibility index (Phi) is 9.17. The number of benzene rings is 1. The van der Waals surface area contributed by atoms with E-state index >= 15 is 0 Å². The molecular formula is C26H38N4O2S. The zero-order valence-corrected chi connectivity index (χ0v) is 20.7. The van der Waals surface area contributed by atoms with Crippen LogP contribution in [0.5, 0.6) is 5.75 Å². The highest BCUT2D eigenvalue weighted by Gasteiger charge is 2.24. The van der Waals surface area contributed by atoms with Crippen LogP contribution in [0.25, 0.3) is 0 Å². The van der Waals surface area contributed by atoms with Crippen molar-refractivity contribution in [2.75, 3.05) is 59.4 Å². The van der Waals surface area contributed by atoms with Gasteiger partial charge in [-0.3, -0.25) is 14.6 Å². The van der Waals surface area contributed by atoms with E-state index in [4.69, 9.17) is 4.74 Å². The third kappa shape index (κ3) is 7.03. The number of ether oxygens (including phenoxy) is 1. The third-order valence-electron chi connectivity index (χ3n) is 6.69. The molecule has 1 N–H and O–H groups in total. The predicted molar refractivity (Wildman–Crippen MR) is 135 cm³/mol. The van der Waals surface area contributed by atoms with Crippen LogP contribution in [0.2, 0.25) is 0 Å². The molecule has 33 heavy (non-hydrogen) atoms. The minimum Gasteiger partial charge on any atom is -0.485 e. The van der Waals surface area contributed by atoms with Crippen LogP contribution in [-0.2, 0) is 11.3 Å². The van der Waals surface area contributed by atoms with Gasteiger partial charge in [0.15, 0.2) is 0 Å². The maximum absolute atomic E-state index is 12.6. The van der Waals surface area contributed by atoms with Gasteiger partial charge >= 0.3 is 0 Å². The van der Waals surface area contributed by atoms with Crippen LogP contribution < -0.4 is 10.1 Å². The lowest BCUT2D eigenvalue weighted by Gasteiger charge is -2.36. The van der Waals surface area contributed by atoms with E-state index in [0.717, 1.165) is 77.4 Å². The summed E-state index contributed by atoms with van der Waals surface area (Å²) in [5, 5.41) is 5.37. The van der Waals surface area contributed by atoms with E-state index in [-0.39, 0.29) is 6.10 Å². The number of para-hydroxylation sites is 1. The van der Waals surface area contributed by atoms with Gasteiger partial charge in [-0.1, -0.05) is 24.3 Å². The molecule has 2 saturated heterocycles. The SMILES string of the molecule is CNCCC(Oc1ccccc1CN1CCN(CC(=O)N2CCCCC2)CC1)c1cccs1. The molecule has 1 amide bonds. The fraction of sp³-hybridized carbons (Fsp3) is 0.577. The average Bonchev–Trinajstić information content (AvgIpc) is 3.39. The Morgan fingerprint density at radius 1 is 1.00 bits per heavy atom. The molecule has 2 aliphatic rings. The van der Waals surface area contributed by atoms with Crippen LogP contribution in [-0.4, -0.2) is 80.0 Å². The monoisotopic (exact) mass is 470 g/mol. The van der Waals surface area contributed by atoms with Gasteiger partial charge in [0.05, 0.1) is 6.54 Å². The van der Waals surface area contributed by atoms with E-state index in [1.54, 1.807) is 11.3 Å². The number of amides is 1. The molecule has 2 fully saturated rings. The molecule has 7 heteroatoms. The maximum atomic E-state index is 12.6. The second-order valence-electron chi connectivity index (χ2n) is 9.12. The zero-order valence-electron chi connectivity index (χ0n) is 19.9. The smallest absolute Gasteiger partial charge is 0.236 e. The van der Waals surface area contributed by atoms with Crippen molar-refractivity contribution in [2.45, 2.75) is 38.3 Å². The predicted octanol–water partition coefficient (Wildman–Crippen LogP) is 3.61. The first-order valence-corrected chi connectivity index (χ1v) is 13.3. The molecule has 2 aliphatic heterocycles. The summed E-state index contributed by atoms with van der Waals surface area (Å²) >= 11 is 1.76. The summed E-state index contributed by atoms with van der Waals surface area (Å²) < 4.78 is 6.56. The van der Waals surface area contributed by atoms with Crippen molar-refractivity contribution in [2.24, 2.45) is 0 Å². The molecule has 0 radical (unpaired) electrons. The molecule has 4 rings (SSSR count). The number of hydrogen-bond acceptors (Lipinski definition) is 6. The van der Waals surface area contributed by atoms with Crippen LogP contribution >= 0.6 is 11.3 Å². The highest BCUT2D eigenvalue weighted by atomic mass is 32.1. The first-order valence-electron chi connectivity index (χ1n) is 12.4. The molecule has 0 saturated carbocycles. The standard InChI is InChI=1S/C26H38N4O2S/c1-27-12-11-24(25-10-7-19-33-25)32-23-9-4-3-8-22(23)20-28-15-17-29(18-16-28)21-26(31)30-13-5-2-6-14-30/h3-4,7-10,19,24,27H,2,5-6,11-18,20-21H2,1H3. The summed E-state index contributed by atoms with van der Waals surface area (Å²) in [5.41, 5.74) is 1.24. The molecule has 1 unspecified atom stereocenters. The normalized spacial score (nSPS) is 18.9. The Bertz CT molecular complexity index is 846. The van der Waals surface area contributed by atoms with E-state index in [0.29, 0.717) is 12.5 Å². The Morgan fingerprint density at radius 2 is 1.76 bits per heavy atom. The van der Waals surface area contributed by atoms with Crippen molar-refractivity contribution >= 4 is 17.2 Å². The number of piperazine rings is 1. The minimum atomic E-state index is 0.0660. The summed E-state index contributed by atoms with van der Waals surface area (Å²) in [6.45, 7) is 8.11. The summed E-state index contributed by atoms with van der Waals surface area (Å²) in [7, 11) is 1.99. The Hall–Kier alpha value is -1.93. The number of carbonyl (C=O) groups excluding carboxylic acids is 1. The van der Waals surface area contributed by atoms with E-state index in [9.17, 15) is 4.79 Å². The summed E-state index contributed by atoms with van der Waals surface area (Å²) in [5.74, 6) is 1.29. The molecule has 1 atom stereocenters. The fourth-order valence-electron chi connectivity index (χ4n) is 4.69. The summed E-state index contributed by atoms with van der Waals surface area (Å²) in [6, 6.07) is 12.7. The molecular weight excluding hydrogens is 432 g/mol. The minimum absolute atomic E-state index is 0.0660. The first-order chi connectivity index (χ1) is 16.2. The summed E-state index contributed by atoms with van der Waals surface area (Å²) in [6.07, 6.45) is 4.58. The van der Waals surface area contributed by atoms with Crippen LogP contribution in [0.3, 0.4) is 0 Å². The number of hydrogen-bond donors (Lipinski definition) is 1. The molecule has 180 valence electrons. The first kappa shape index (κ1) is 24.2. The van der Waals surface area contributed by atoms with Gasteiger partial charge in [0.1, 0.15) is 11.9 Å². The number of nitrogens with one attached hydrogen (secondary N) is 1. The lowest BCUT2D eigenvalue weighted by atomic mass is 10.1. The molecule has 2 aromatic rings. The van der Waals surface area contributed by atoms with Crippen molar-refractivity contribution in [1.82, 2.24) is 20.0 Å². The van der Waals surface area contributed by atoms with Gasteiger partial charge in [0, 0.05) is 62.7 Å². The van der Waals surface area contributed by atoms with E-state index in [1.807, 2.05) is 7.05 Å². The molecule has 0 spiro atoms. The Labute approximate surface area is 202 Å². The maximum Gasteiger partial charge on any atom is 0.236 e. The van der Waals surface area contributed by atoms with E-state index < -0.39 is 0 Å². The van der Waals surface area contributed by atoms with Crippen molar-refractivity contribution in [1.29, 1.82) is 0 Å². The number of thiophene rings is 1. The van der Waals surface area contributed by atoms with E-state index in [2.05, 4.69) is 61.8 Å². The Balaban J connectivity index is 1.30. The largest absolute Gasteiger partial charge is 0.485 e. The average molecular weight is 471 g/mol. The van der Waals surface area contributed by atoms with Gasteiger partial charge in [-0.25, -0.2) is 0 Å². The molecule has 6 nitrogen and oxygen atoms in total. The van der Waals surface area contributed by atoms with Gasteiger partial charge in [0.2, 0.25) is 5.91 Å². The molecule has 0 aliphatic carbocycles. The zero-order chi connectivity index (χ0) is 22.9. The van der Waals surface area contributed by atoms with E-state index in [1.165, 1.54) is 16.9 Å². The third-order valence-corrected chi connectivity index (χ3v) is 7.65. The van der Waals surface area contributed by atoms with Crippen molar-refractivity contribution < 1.29 is 9.53 Å². The van der Waals surface area contributed by atoms with Gasteiger partial charge in [-0.05, 0) is 50.4 Å². The van der Waals surface area contributed by atoms with Crippen LogP contribution in [0, 0.1) is 0 Å². The topological polar surface area (TPSA) is 48.1 Å². The highest BCUT2D eigenvalue weighted by molar-refractivity contribution is 7.10. The number of likely N-dealkylation sites (tertiary alicyclic amines) is 1. The highest BCUT2D eigenvalue weighted by Crippen LogP contribution is 2.30. The number of nitrogens with zero attached hydrogens (tertiary/aromatic N) is 3. The lowest BCUT2D eigenvalue weighted by Crippen LogP contribution is -2.50. The van der Waals surface area contributed by atoms with Crippen LogP contribution in [0.1, 0.15) is 42.2 Å². The van der Waals surface area contributed by atoms with Crippen molar-refractivity contribution in [3.8, 4) is 5.75 Å². The number of rotatable bonds is 10. The van der Waals surface area contributed by atoms with Crippen LogP contribution in [0.15, 0.2) is 41.8 Å². The Morgan fingerprint density at radius 3 is 2.48 bits per heavy atom. The van der Waals surface area contributed by atoms with Gasteiger partial charge in [-0.2, -0.15) is 0 Å². The van der Waals surface area contributed by atoms with Crippen molar-refractivity contribution in [3.63, 3.8) is 0 Å². The lowest BCUT2D eigenvalue weighted by molar-refractivity contribution is -0.133. The number of piperidine rings is 1.